The molecule has 3 aliphatic rings. The van der Waals surface area contributed by atoms with Crippen molar-refractivity contribution < 1.29 is 18.8 Å². The average Bonchev–Trinajstić information content (AvgIpc) is 3.40. The van der Waals surface area contributed by atoms with E-state index in [1.54, 1.807) is 0 Å². The number of fused-ring (bicyclic) bond motifs is 1. The zero-order valence-electron chi connectivity index (χ0n) is 16.8. The van der Waals surface area contributed by atoms with Gasteiger partial charge in [0, 0.05) is 31.3 Å². The van der Waals surface area contributed by atoms with Crippen LogP contribution in [-0.4, -0.2) is 59.3 Å². The molecule has 1 aromatic rings. The first-order valence-corrected chi connectivity index (χ1v) is 10.4. The summed E-state index contributed by atoms with van der Waals surface area (Å²) >= 11 is 0. The third-order valence-electron chi connectivity index (χ3n) is 6.50. The Kier molecular flexibility index (Phi) is 5.42. The summed E-state index contributed by atoms with van der Waals surface area (Å²) in [6.45, 7) is 6.43. The maximum absolute atomic E-state index is 13.3. The average molecular weight is 390 g/mol. The highest BCUT2D eigenvalue weighted by Gasteiger charge is 2.52. The minimum Gasteiger partial charge on any atom is -0.368 e. The molecule has 28 heavy (non-hydrogen) atoms. The standard InChI is InChI=1S/C20H30N4O4/c1-13-16(14(2)28-23-13)11-21-19(26)20-7-3-4-8-24(20)12-15(10-20)22-18(25)17-6-5-9-27-17/h15,17H,3-12H2,1-2H3,(H,21,26)(H,22,25)/t15-,17+,20-/m0/s1. The fourth-order valence-corrected chi connectivity index (χ4v) is 4.94. The first-order chi connectivity index (χ1) is 13.5. The van der Waals surface area contributed by atoms with Gasteiger partial charge in [0.1, 0.15) is 17.4 Å². The van der Waals surface area contributed by atoms with Gasteiger partial charge in [-0.1, -0.05) is 5.16 Å². The summed E-state index contributed by atoms with van der Waals surface area (Å²) in [5, 5.41) is 10.2. The lowest BCUT2D eigenvalue weighted by atomic mass is 9.84. The van der Waals surface area contributed by atoms with Crippen molar-refractivity contribution in [2.24, 2.45) is 0 Å². The van der Waals surface area contributed by atoms with E-state index in [2.05, 4.69) is 20.7 Å². The molecule has 0 aromatic carbocycles. The second kappa shape index (κ2) is 7.83. The predicted molar refractivity (Wildman–Crippen MR) is 102 cm³/mol. The van der Waals surface area contributed by atoms with Crippen LogP contribution in [0.3, 0.4) is 0 Å². The van der Waals surface area contributed by atoms with E-state index in [0.717, 1.165) is 62.2 Å². The van der Waals surface area contributed by atoms with Crippen molar-refractivity contribution in [3.63, 3.8) is 0 Å². The third kappa shape index (κ3) is 3.55. The second-order valence-corrected chi connectivity index (χ2v) is 8.33. The van der Waals surface area contributed by atoms with Crippen molar-refractivity contribution in [1.82, 2.24) is 20.7 Å². The van der Waals surface area contributed by atoms with E-state index in [0.29, 0.717) is 19.6 Å². The van der Waals surface area contributed by atoms with Gasteiger partial charge >= 0.3 is 0 Å². The Morgan fingerprint density at radius 2 is 2.14 bits per heavy atom. The molecule has 4 rings (SSSR count). The monoisotopic (exact) mass is 390 g/mol. The molecule has 3 saturated heterocycles. The highest BCUT2D eigenvalue weighted by molar-refractivity contribution is 5.87. The number of carbonyl (C=O) groups excluding carboxylic acids is 2. The van der Waals surface area contributed by atoms with Gasteiger partial charge in [-0.05, 0) is 58.9 Å². The van der Waals surface area contributed by atoms with Crippen molar-refractivity contribution in [3.8, 4) is 0 Å². The SMILES string of the molecule is Cc1noc(C)c1CNC(=O)[C@@]12CCCCN1C[C@@H](NC(=O)[C@H]1CCCO1)C2. The fourth-order valence-electron chi connectivity index (χ4n) is 4.94. The molecule has 8 nitrogen and oxygen atoms in total. The number of aromatic nitrogens is 1. The lowest BCUT2D eigenvalue weighted by Gasteiger charge is -2.40. The zero-order chi connectivity index (χ0) is 19.7. The highest BCUT2D eigenvalue weighted by Crippen LogP contribution is 2.38. The van der Waals surface area contributed by atoms with E-state index in [1.165, 1.54) is 0 Å². The van der Waals surface area contributed by atoms with Gasteiger partial charge in [0.05, 0.1) is 5.69 Å². The summed E-state index contributed by atoms with van der Waals surface area (Å²) in [7, 11) is 0. The van der Waals surface area contributed by atoms with Crippen LogP contribution >= 0.6 is 0 Å². The van der Waals surface area contributed by atoms with Crippen LogP contribution in [0.15, 0.2) is 4.52 Å². The van der Waals surface area contributed by atoms with Gasteiger partial charge in [0.15, 0.2) is 0 Å². The molecular weight excluding hydrogens is 360 g/mol. The lowest BCUT2D eigenvalue weighted by molar-refractivity contribution is -0.134. The molecule has 3 aliphatic heterocycles. The van der Waals surface area contributed by atoms with E-state index in [-0.39, 0.29) is 24.0 Å². The minimum atomic E-state index is -0.536. The molecule has 1 aromatic heterocycles. The number of hydrogen-bond donors (Lipinski definition) is 2. The van der Waals surface area contributed by atoms with Crippen LogP contribution in [0.1, 0.15) is 55.5 Å². The molecule has 2 N–H and O–H groups in total. The Labute approximate surface area is 165 Å². The van der Waals surface area contributed by atoms with Crippen LogP contribution in [-0.2, 0) is 20.9 Å². The normalized spacial score (nSPS) is 30.2. The number of aryl methyl sites for hydroxylation is 2. The molecule has 0 aliphatic carbocycles. The summed E-state index contributed by atoms with van der Waals surface area (Å²) in [5.41, 5.74) is 1.21. The van der Waals surface area contributed by atoms with E-state index >= 15 is 0 Å². The molecule has 4 heterocycles. The molecular formula is C20H30N4O4. The van der Waals surface area contributed by atoms with Crippen LogP contribution in [0.2, 0.25) is 0 Å². The topological polar surface area (TPSA) is 96.7 Å². The number of piperidine rings is 1. The van der Waals surface area contributed by atoms with Crippen molar-refractivity contribution in [2.75, 3.05) is 19.7 Å². The predicted octanol–water partition coefficient (Wildman–Crippen LogP) is 1.20. The van der Waals surface area contributed by atoms with Gasteiger partial charge in [-0.15, -0.1) is 0 Å². The Bertz CT molecular complexity index is 723. The highest BCUT2D eigenvalue weighted by atomic mass is 16.5. The Morgan fingerprint density at radius 3 is 2.86 bits per heavy atom. The van der Waals surface area contributed by atoms with Crippen molar-refractivity contribution in [2.45, 2.75) is 76.6 Å². The molecule has 3 fully saturated rings. The van der Waals surface area contributed by atoms with Gasteiger partial charge < -0.3 is 19.9 Å². The summed E-state index contributed by atoms with van der Waals surface area (Å²) < 4.78 is 10.7. The van der Waals surface area contributed by atoms with Crippen molar-refractivity contribution in [3.05, 3.63) is 17.0 Å². The number of ether oxygens (including phenoxy) is 1. The number of rotatable bonds is 5. The van der Waals surface area contributed by atoms with Crippen LogP contribution < -0.4 is 10.6 Å². The smallest absolute Gasteiger partial charge is 0.249 e. The van der Waals surface area contributed by atoms with Gasteiger partial charge in [0.25, 0.3) is 0 Å². The number of nitrogens with one attached hydrogen (secondary N) is 2. The third-order valence-corrected chi connectivity index (χ3v) is 6.50. The van der Waals surface area contributed by atoms with Crippen LogP contribution in [0, 0.1) is 13.8 Å². The lowest BCUT2D eigenvalue weighted by Crippen LogP contribution is -2.57. The molecule has 3 atom stereocenters. The first-order valence-electron chi connectivity index (χ1n) is 10.4. The Hall–Kier alpha value is -1.93. The van der Waals surface area contributed by atoms with Crippen molar-refractivity contribution in [1.29, 1.82) is 0 Å². The molecule has 0 spiro atoms. The number of carbonyl (C=O) groups is 2. The zero-order valence-corrected chi connectivity index (χ0v) is 16.8. The molecule has 0 unspecified atom stereocenters. The quantitative estimate of drug-likeness (QED) is 0.784. The van der Waals surface area contributed by atoms with Crippen LogP contribution in [0.4, 0.5) is 0 Å². The Balaban J connectivity index is 1.42. The van der Waals surface area contributed by atoms with E-state index in [4.69, 9.17) is 9.26 Å². The minimum absolute atomic E-state index is 0.0142. The molecule has 154 valence electrons. The molecule has 0 bridgehead atoms. The summed E-state index contributed by atoms with van der Waals surface area (Å²) in [6.07, 6.45) is 4.98. The molecule has 0 radical (unpaired) electrons. The number of hydrogen-bond acceptors (Lipinski definition) is 6. The van der Waals surface area contributed by atoms with Crippen LogP contribution in [0.25, 0.3) is 0 Å². The maximum Gasteiger partial charge on any atom is 0.249 e. The molecule has 2 amide bonds. The van der Waals surface area contributed by atoms with Gasteiger partial charge in [-0.25, -0.2) is 0 Å². The largest absolute Gasteiger partial charge is 0.368 e. The van der Waals surface area contributed by atoms with Gasteiger partial charge in [-0.3, -0.25) is 14.5 Å². The molecule has 0 saturated carbocycles. The first kappa shape index (κ1) is 19.4. The second-order valence-electron chi connectivity index (χ2n) is 8.33. The maximum atomic E-state index is 13.3. The van der Waals surface area contributed by atoms with Crippen LogP contribution in [0.5, 0.6) is 0 Å². The summed E-state index contributed by atoms with van der Waals surface area (Å²) in [5.74, 6) is 0.749. The fraction of sp³-hybridized carbons (Fsp3) is 0.750. The van der Waals surface area contributed by atoms with E-state index in [1.807, 2.05) is 13.8 Å². The van der Waals surface area contributed by atoms with Gasteiger partial charge in [0.2, 0.25) is 11.8 Å². The number of nitrogens with zero attached hydrogens (tertiary/aromatic N) is 2. The Morgan fingerprint density at radius 1 is 1.29 bits per heavy atom. The summed E-state index contributed by atoms with van der Waals surface area (Å²) in [6, 6.07) is -0.0142. The van der Waals surface area contributed by atoms with Crippen molar-refractivity contribution >= 4 is 11.8 Å². The van der Waals surface area contributed by atoms with E-state index in [9.17, 15) is 9.59 Å². The summed E-state index contributed by atoms with van der Waals surface area (Å²) in [4.78, 5) is 28.0. The molecule has 8 heteroatoms. The van der Waals surface area contributed by atoms with E-state index < -0.39 is 5.54 Å². The number of amides is 2. The van der Waals surface area contributed by atoms with Gasteiger partial charge in [-0.2, -0.15) is 0 Å².